The molecular formula is C58H39N3O. The molecule has 0 fully saturated rings. The zero-order chi connectivity index (χ0) is 41.0. The van der Waals surface area contributed by atoms with Gasteiger partial charge in [0.25, 0.3) is 0 Å². The zero-order valence-electron chi connectivity index (χ0n) is 33.8. The minimum absolute atomic E-state index is 0.193. The van der Waals surface area contributed by atoms with E-state index in [0.29, 0.717) is 17.5 Å². The van der Waals surface area contributed by atoms with Gasteiger partial charge in [-0.2, -0.15) is 0 Å². The number of rotatable bonds is 6. The van der Waals surface area contributed by atoms with Crippen LogP contribution >= 0.6 is 0 Å². The minimum Gasteiger partial charge on any atom is -0.457 e. The Morgan fingerprint density at radius 2 is 0.790 bits per heavy atom. The third-order valence-corrected chi connectivity index (χ3v) is 12.9. The average Bonchev–Trinajstić information content (AvgIpc) is 3.65. The van der Waals surface area contributed by atoms with Gasteiger partial charge < -0.3 is 4.74 Å². The van der Waals surface area contributed by atoms with Crippen LogP contribution in [0.2, 0.25) is 0 Å². The van der Waals surface area contributed by atoms with Crippen molar-refractivity contribution < 1.29 is 4.74 Å². The Kier molecular flexibility index (Phi) is 8.49. The normalized spacial score (nSPS) is 17.7. The maximum absolute atomic E-state index is 6.76. The fourth-order valence-corrected chi connectivity index (χ4v) is 10.1. The van der Waals surface area contributed by atoms with Crippen LogP contribution < -0.4 is 4.74 Å². The number of para-hydroxylation sites is 1. The number of nitrogens with zero attached hydrogens (tertiary/aromatic N) is 3. The topological polar surface area (TPSA) is 47.9 Å². The summed E-state index contributed by atoms with van der Waals surface area (Å²) in [5.41, 5.74) is 14.1. The fourth-order valence-electron chi connectivity index (χ4n) is 10.1. The molecule has 1 aliphatic heterocycles. The predicted octanol–water partition coefficient (Wildman–Crippen LogP) is 14.2. The van der Waals surface area contributed by atoms with E-state index >= 15 is 0 Å². The van der Waals surface area contributed by atoms with E-state index in [-0.39, 0.29) is 11.8 Å². The van der Waals surface area contributed by atoms with Crippen molar-refractivity contribution >= 4 is 0 Å². The van der Waals surface area contributed by atoms with Crippen LogP contribution in [0.15, 0.2) is 224 Å². The molecule has 0 saturated carbocycles. The highest BCUT2D eigenvalue weighted by molar-refractivity contribution is 5.79. The first kappa shape index (κ1) is 35.9. The molecule has 0 saturated heterocycles. The van der Waals surface area contributed by atoms with Crippen molar-refractivity contribution in [2.75, 3.05) is 0 Å². The second-order valence-electron chi connectivity index (χ2n) is 16.3. The molecule has 1 spiro atoms. The van der Waals surface area contributed by atoms with Crippen molar-refractivity contribution in [2.45, 2.75) is 11.3 Å². The van der Waals surface area contributed by atoms with Crippen LogP contribution in [-0.4, -0.2) is 15.0 Å². The number of ether oxygens (including phenoxy) is 1. The Morgan fingerprint density at radius 1 is 0.339 bits per heavy atom. The average molecular weight is 794 g/mol. The Labute approximate surface area is 361 Å². The number of benzene rings is 8. The van der Waals surface area contributed by atoms with Crippen LogP contribution in [0.5, 0.6) is 11.5 Å². The van der Waals surface area contributed by atoms with Crippen LogP contribution in [0.1, 0.15) is 28.2 Å². The summed E-state index contributed by atoms with van der Waals surface area (Å²) in [5.74, 6) is 4.11. The molecular weight excluding hydrogens is 755 g/mol. The molecule has 8 aromatic carbocycles. The SMILES string of the molecule is C1=CC2c3ccccc3C3(c4ccccc4Oc4ccc(-c5cccc(-c6nc(-c7cccc(-c8ccccc8)c7)nc(-c7cccc(-c8ccccc8)c7)n6)c5)cc43)C2C=C1. The molecule has 0 amide bonds. The molecule has 0 bridgehead atoms. The van der Waals surface area contributed by atoms with Crippen molar-refractivity contribution in [2.24, 2.45) is 5.92 Å². The van der Waals surface area contributed by atoms with Gasteiger partial charge in [0.1, 0.15) is 11.5 Å². The van der Waals surface area contributed by atoms with Gasteiger partial charge >= 0.3 is 0 Å². The Hall–Kier alpha value is -7.95. The van der Waals surface area contributed by atoms with Gasteiger partial charge in [0.05, 0.1) is 5.41 Å². The Bertz CT molecular complexity index is 3140. The van der Waals surface area contributed by atoms with Crippen molar-refractivity contribution in [1.29, 1.82) is 0 Å². The van der Waals surface area contributed by atoms with Crippen LogP contribution in [0.4, 0.5) is 0 Å². The molecule has 62 heavy (non-hydrogen) atoms. The highest BCUT2D eigenvalue weighted by Gasteiger charge is 2.56. The second kappa shape index (κ2) is 14.6. The maximum Gasteiger partial charge on any atom is 0.164 e. The summed E-state index contributed by atoms with van der Waals surface area (Å²) >= 11 is 0. The first-order chi connectivity index (χ1) is 30.7. The van der Waals surface area contributed by atoms with Gasteiger partial charge in [-0.25, -0.2) is 15.0 Å². The molecule has 4 heteroatoms. The number of hydrogen-bond acceptors (Lipinski definition) is 4. The summed E-state index contributed by atoms with van der Waals surface area (Å²) in [5, 5.41) is 0. The third-order valence-electron chi connectivity index (χ3n) is 12.9. The van der Waals surface area contributed by atoms with E-state index in [4.69, 9.17) is 19.7 Å². The first-order valence-electron chi connectivity index (χ1n) is 21.3. The van der Waals surface area contributed by atoms with Crippen LogP contribution in [-0.2, 0) is 5.41 Å². The van der Waals surface area contributed by atoms with Gasteiger partial charge in [0.15, 0.2) is 17.5 Å². The standard InChI is InChI=1S/C58H39N3O/c1-3-16-38(17-4-1)40-20-13-23-44(34-40)55-59-56(45-24-14-21-41(35-45)39-18-5-2-6-19-39)61-57(60-55)46-25-15-22-42(36-46)43-32-33-54-52(37-43)58(51-30-11-12-31-53(51)62-54)49-28-9-7-26-47(49)48-27-8-10-29-50(48)58/h1-37,47,49H. The number of aromatic nitrogens is 3. The first-order valence-corrected chi connectivity index (χ1v) is 21.3. The minimum atomic E-state index is -0.430. The van der Waals surface area contributed by atoms with Crippen LogP contribution in [0, 0.1) is 5.92 Å². The lowest BCUT2D eigenvalue weighted by molar-refractivity contribution is 0.374. The predicted molar refractivity (Wildman–Crippen MR) is 250 cm³/mol. The molecule has 292 valence electrons. The van der Waals surface area contributed by atoms with Gasteiger partial charge in [-0.1, -0.05) is 188 Å². The maximum atomic E-state index is 6.76. The Balaban J connectivity index is 1.00. The highest BCUT2D eigenvalue weighted by atomic mass is 16.5. The van der Waals surface area contributed by atoms with Crippen molar-refractivity contribution in [3.05, 3.63) is 247 Å². The lowest BCUT2D eigenvalue weighted by Crippen LogP contribution is -2.37. The van der Waals surface area contributed by atoms with Gasteiger partial charge in [0.2, 0.25) is 0 Å². The van der Waals surface area contributed by atoms with E-state index < -0.39 is 5.41 Å². The molecule has 1 aromatic heterocycles. The van der Waals surface area contributed by atoms with Gasteiger partial charge in [0, 0.05) is 39.7 Å². The van der Waals surface area contributed by atoms with E-state index in [1.165, 1.54) is 22.3 Å². The molecule has 4 nitrogen and oxygen atoms in total. The molecule has 3 unspecified atom stereocenters. The molecule has 12 rings (SSSR count). The van der Waals surface area contributed by atoms with E-state index in [0.717, 1.165) is 61.6 Å². The van der Waals surface area contributed by atoms with E-state index in [1.807, 2.05) is 12.1 Å². The van der Waals surface area contributed by atoms with E-state index in [2.05, 4.69) is 212 Å². The molecule has 0 N–H and O–H groups in total. The largest absolute Gasteiger partial charge is 0.457 e. The zero-order valence-corrected chi connectivity index (χ0v) is 33.8. The molecule has 3 aliphatic rings. The van der Waals surface area contributed by atoms with Crippen molar-refractivity contribution in [3.63, 3.8) is 0 Å². The van der Waals surface area contributed by atoms with Gasteiger partial charge in [-0.15, -0.1) is 0 Å². The van der Waals surface area contributed by atoms with Gasteiger partial charge in [-0.3, -0.25) is 0 Å². The molecule has 3 atom stereocenters. The molecule has 2 heterocycles. The highest BCUT2D eigenvalue weighted by Crippen LogP contribution is 2.64. The molecule has 2 aliphatic carbocycles. The van der Waals surface area contributed by atoms with E-state index in [9.17, 15) is 0 Å². The molecule has 9 aromatic rings. The van der Waals surface area contributed by atoms with Crippen molar-refractivity contribution in [3.8, 4) is 79.0 Å². The summed E-state index contributed by atoms with van der Waals surface area (Å²) in [6.45, 7) is 0. The van der Waals surface area contributed by atoms with Crippen LogP contribution in [0.3, 0.4) is 0 Å². The lowest BCUT2D eigenvalue weighted by atomic mass is 9.61. The summed E-state index contributed by atoms with van der Waals surface area (Å²) < 4.78 is 6.76. The number of allylic oxidation sites excluding steroid dienone is 4. The smallest absolute Gasteiger partial charge is 0.164 e. The monoisotopic (exact) mass is 793 g/mol. The number of hydrogen-bond donors (Lipinski definition) is 0. The van der Waals surface area contributed by atoms with E-state index in [1.54, 1.807) is 0 Å². The van der Waals surface area contributed by atoms with Crippen molar-refractivity contribution in [1.82, 2.24) is 15.0 Å². The summed E-state index contributed by atoms with van der Waals surface area (Å²) in [6, 6.07) is 70.7. The Morgan fingerprint density at radius 3 is 1.40 bits per heavy atom. The summed E-state index contributed by atoms with van der Waals surface area (Å²) in [6.07, 6.45) is 9.19. The lowest BCUT2D eigenvalue weighted by Gasteiger charge is -2.43. The second-order valence-corrected chi connectivity index (χ2v) is 16.3. The third kappa shape index (κ3) is 5.87. The van der Waals surface area contributed by atoms with Gasteiger partial charge in [-0.05, 0) is 80.9 Å². The number of fused-ring (bicyclic) bond motifs is 9. The summed E-state index contributed by atoms with van der Waals surface area (Å²) in [7, 11) is 0. The quantitative estimate of drug-likeness (QED) is 0.168. The van der Waals surface area contributed by atoms with Crippen LogP contribution in [0.25, 0.3) is 67.5 Å². The summed E-state index contributed by atoms with van der Waals surface area (Å²) in [4.78, 5) is 15.6. The molecule has 0 radical (unpaired) electrons. The fraction of sp³-hybridized carbons (Fsp3) is 0.0517.